The molecule has 1 aromatic heterocycles. The Balaban J connectivity index is 1.50. The summed E-state index contributed by atoms with van der Waals surface area (Å²) in [6.45, 7) is 4.41. The first-order chi connectivity index (χ1) is 13.3. The molecule has 3 fully saturated rings. The number of carbonyl (C=O) groups is 1. The molecule has 0 amide bonds. The van der Waals surface area contributed by atoms with Gasteiger partial charge >= 0.3 is 0 Å². The minimum atomic E-state index is -1.48. The second kappa shape index (κ2) is 5.98. The van der Waals surface area contributed by atoms with E-state index in [4.69, 9.17) is 0 Å². The van der Waals surface area contributed by atoms with Crippen molar-refractivity contribution in [1.82, 2.24) is 4.98 Å². The third-order valence-corrected chi connectivity index (χ3v) is 9.18. The number of alkyl halides is 1. The van der Waals surface area contributed by atoms with Crippen molar-refractivity contribution in [2.24, 2.45) is 28.6 Å². The van der Waals surface area contributed by atoms with Crippen LogP contribution in [0.4, 0.5) is 4.39 Å². The lowest BCUT2D eigenvalue weighted by Gasteiger charge is -2.63. The maximum atomic E-state index is 15.5. The molecule has 0 aliphatic heterocycles. The highest BCUT2D eigenvalue weighted by molar-refractivity contribution is 5.81. The van der Waals surface area contributed by atoms with Gasteiger partial charge in [0.1, 0.15) is 17.6 Å². The number of rotatable bonds is 1. The van der Waals surface area contributed by atoms with Gasteiger partial charge in [0.15, 0.2) is 0 Å². The van der Waals surface area contributed by atoms with Crippen LogP contribution in [0, 0.1) is 28.6 Å². The van der Waals surface area contributed by atoms with Crippen molar-refractivity contribution < 1.29 is 14.3 Å². The van der Waals surface area contributed by atoms with Crippen molar-refractivity contribution in [3.05, 3.63) is 36.2 Å². The molecule has 1 heterocycles. The van der Waals surface area contributed by atoms with Crippen LogP contribution in [0.1, 0.15) is 64.4 Å². The number of carbonyl (C=O) groups excluding carboxylic acids is 1. The molecule has 0 radical (unpaired) electrons. The molecule has 3 saturated carbocycles. The Hall–Kier alpha value is -1.55. The zero-order chi connectivity index (χ0) is 19.7. The predicted molar refractivity (Wildman–Crippen MR) is 106 cm³/mol. The zero-order valence-corrected chi connectivity index (χ0v) is 16.8. The van der Waals surface area contributed by atoms with Crippen molar-refractivity contribution >= 4 is 11.4 Å². The topological polar surface area (TPSA) is 50.2 Å². The summed E-state index contributed by atoms with van der Waals surface area (Å²) in [5.74, 6) is 0.969. The summed E-state index contributed by atoms with van der Waals surface area (Å²) in [6.07, 6.45) is 9.29. The number of halogens is 1. The van der Waals surface area contributed by atoms with E-state index in [-0.39, 0.29) is 29.5 Å². The molecule has 4 aliphatic rings. The number of pyridine rings is 1. The Kier molecular flexibility index (Phi) is 3.94. The van der Waals surface area contributed by atoms with E-state index in [9.17, 15) is 9.90 Å². The number of fused-ring (bicyclic) bond motifs is 5. The summed E-state index contributed by atoms with van der Waals surface area (Å²) in [5.41, 5.74) is 0.617. The fourth-order valence-electron chi connectivity index (χ4n) is 7.56. The van der Waals surface area contributed by atoms with E-state index in [2.05, 4.69) is 31.0 Å². The average Bonchev–Trinajstić information content (AvgIpc) is 3.03. The van der Waals surface area contributed by atoms with Crippen LogP contribution in [0.15, 0.2) is 30.6 Å². The van der Waals surface area contributed by atoms with E-state index in [1.165, 1.54) is 11.1 Å². The molecular weight excluding hydrogens is 353 g/mol. The van der Waals surface area contributed by atoms with E-state index in [0.717, 1.165) is 19.3 Å². The Labute approximate surface area is 166 Å². The van der Waals surface area contributed by atoms with Crippen LogP contribution in [0.3, 0.4) is 0 Å². The van der Waals surface area contributed by atoms with E-state index in [1.54, 1.807) is 6.20 Å². The normalized spacial score (nSPS) is 47.7. The van der Waals surface area contributed by atoms with Crippen LogP contribution in [0.2, 0.25) is 0 Å². The van der Waals surface area contributed by atoms with Crippen molar-refractivity contribution in [1.29, 1.82) is 0 Å². The SMILES string of the molecule is C[C@]12CC[C@H]3[C@@H](CC(F)C4(O)CC(=O)CC[C@]34C)[C@@H]1CC=C2c1cccnc1. The van der Waals surface area contributed by atoms with Crippen LogP contribution < -0.4 is 0 Å². The number of Topliss-reactive ketones (excluding diaryl/α,β-unsaturated/α-hetero) is 1. The van der Waals surface area contributed by atoms with Crippen molar-refractivity contribution in [2.75, 3.05) is 0 Å². The lowest BCUT2D eigenvalue weighted by molar-refractivity contribution is -0.229. The standard InChI is InChI=1S/C24H30FNO2/c1-22-9-8-20-17(19(22)6-5-18(22)15-4-3-11-26-14-15)12-21(25)24(28)13-16(27)7-10-23(20,24)2/h3-5,11,14,17,19-21,28H,6-10,12-13H2,1-2H3/t17-,19-,20-,21?,22+,23+,24?/m0/s1. The quantitative estimate of drug-likeness (QED) is 0.761. The van der Waals surface area contributed by atoms with Gasteiger partial charge in [-0.2, -0.15) is 0 Å². The first kappa shape index (κ1) is 18.5. The zero-order valence-electron chi connectivity index (χ0n) is 16.8. The fourth-order valence-corrected chi connectivity index (χ4v) is 7.56. The van der Waals surface area contributed by atoms with E-state index in [1.807, 2.05) is 12.3 Å². The minimum absolute atomic E-state index is 0.00495. The smallest absolute Gasteiger partial charge is 0.135 e. The molecule has 7 atom stereocenters. The fraction of sp³-hybridized carbons (Fsp3) is 0.667. The Morgan fingerprint density at radius 3 is 2.82 bits per heavy atom. The first-order valence-electron chi connectivity index (χ1n) is 10.8. The first-order valence-corrected chi connectivity index (χ1v) is 10.8. The van der Waals surface area contributed by atoms with Gasteiger partial charge in [0, 0.05) is 30.7 Å². The summed E-state index contributed by atoms with van der Waals surface area (Å²) in [7, 11) is 0. The Morgan fingerprint density at radius 2 is 2.07 bits per heavy atom. The van der Waals surface area contributed by atoms with Gasteiger partial charge in [0.2, 0.25) is 0 Å². The van der Waals surface area contributed by atoms with E-state index >= 15 is 4.39 Å². The molecule has 5 rings (SSSR count). The number of aromatic nitrogens is 1. The molecular formula is C24H30FNO2. The number of hydrogen-bond acceptors (Lipinski definition) is 3. The lowest BCUT2D eigenvalue weighted by atomic mass is 9.43. The molecule has 28 heavy (non-hydrogen) atoms. The molecule has 4 heteroatoms. The highest BCUT2D eigenvalue weighted by Gasteiger charge is 2.67. The van der Waals surface area contributed by atoms with Gasteiger partial charge in [0.25, 0.3) is 0 Å². The molecule has 4 aliphatic carbocycles. The summed E-state index contributed by atoms with van der Waals surface area (Å²) in [4.78, 5) is 16.4. The molecule has 0 aromatic carbocycles. The number of allylic oxidation sites excluding steroid dienone is 2. The summed E-state index contributed by atoms with van der Waals surface area (Å²) < 4.78 is 15.5. The second-order valence-electron chi connectivity index (χ2n) is 10.2. The van der Waals surface area contributed by atoms with Crippen LogP contribution in [-0.2, 0) is 4.79 Å². The number of nitrogens with zero attached hydrogens (tertiary/aromatic N) is 1. The molecule has 1 N–H and O–H groups in total. The molecule has 3 nitrogen and oxygen atoms in total. The summed E-state index contributed by atoms with van der Waals surface area (Å²) in [6, 6.07) is 4.11. The number of aliphatic hydroxyl groups is 1. The van der Waals surface area contributed by atoms with Crippen LogP contribution in [0.5, 0.6) is 0 Å². The second-order valence-corrected chi connectivity index (χ2v) is 10.2. The van der Waals surface area contributed by atoms with Crippen LogP contribution >= 0.6 is 0 Å². The summed E-state index contributed by atoms with van der Waals surface area (Å²) in [5, 5.41) is 11.3. The van der Waals surface area contributed by atoms with Gasteiger partial charge in [0.05, 0.1) is 0 Å². The molecule has 0 spiro atoms. The Morgan fingerprint density at radius 1 is 1.25 bits per heavy atom. The molecule has 0 saturated heterocycles. The Bertz CT molecular complexity index is 838. The third kappa shape index (κ3) is 2.24. The van der Waals surface area contributed by atoms with Gasteiger partial charge in [-0.3, -0.25) is 9.78 Å². The molecule has 1 aromatic rings. The van der Waals surface area contributed by atoms with Crippen LogP contribution in [-0.4, -0.2) is 27.6 Å². The van der Waals surface area contributed by atoms with Gasteiger partial charge in [-0.05, 0) is 72.5 Å². The maximum absolute atomic E-state index is 15.5. The predicted octanol–water partition coefficient (Wildman–Crippen LogP) is 4.75. The maximum Gasteiger partial charge on any atom is 0.135 e. The minimum Gasteiger partial charge on any atom is -0.386 e. The van der Waals surface area contributed by atoms with Crippen molar-refractivity contribution in [2.45, 2.75) is 70.6 Å². The van der Waals surface area contributed by atoms with E-state index in [0.29, 0.717) is 25.2 Å². The van der Waals surface area contributed by atoms with Crippen molar-refractivity contribution in [3.63, 3.8) is 0 Å². The number of hydrogen-bond donors (Lipinski definition) is 1. The van der Waals surface area contributed by atoms with E-state index < -0.39 is 17.2 Å². The van der Waals surface area contributed by atoms with Crippen LogP contribution in [0.25, 0.3) is 5.57 Å². The number of ketones is 1. The average molecular weight is 384 g/mol. The van der Waals surface area contributed by atoms with Gasteiger partial charge in [-0.25, -0.2) is 4.39 Å². The van der Waals surface area contributed by atoms with Gasteiger partial charge < -0.3 is 5.11 Å². The van der Waals surface area contributed by atoms with Gasteiger partial charge in [-0.1, -0.05) is 26.0 Å². The lowest BCUT2D eigenvalue weighted by Crippen LogP contribution is -2.67. The third-order valence-electron chi connectivity index (χ3n) is 9.18. The highest BCUT2D eigenvalue weighted by atomic mass is 19.1. The molecule has 0 bridgehead atoms. The molecule has 2 unspecified atom stereocenters. The largest absolute Gasteiger partial charge is 0.386 e. The molecule has 150 valence electrons. The summed E-state index contributed by atoms with van der Waals surface area (Å²) >= 11 is 0. The van der Waals surface area contributed by atoms with Gasteiger partial charge in [-0.15, -0.1) is 0 Å². The highest BCUT2D eigenvalue weighted by Crippen LogP contribution is 2.68. The monoisotopic (exact) mass is 383 g/mol. The van der Waals surface area contributed by atoms with Crippen molar-refractivity contribution in [3.8, 4) is 0 Å².